The number of amides is 2. The van der Waals surface area contributed by atoms with E-state index in [4.69, 9.17) is 0 Å². The van der Waals surface area contributed by atoms with Crippen molar-refractivity contribution in [2.75, 3.05) is 63.4 Å². The number of nitrogens with zero attached hydrogens (tertiary/aromatic N) is 8. The minimum absolute atomic E-state index is 0.343. The molecule has 4 aromatic heterocycles. The lowest BCUT2D eigenvalue weighted by atomic mass is 10.1. The molecule has 4 N–H and O–H groups in total. The van der Waals surface area contributed by atoms with Gasteiger partial charge in [0.15, 0.2) is 11.6 Å². The topological polar surface area (TPSA) is 154 Å². The first kappa shape index (κ1) is 34.6. The molecule has 4 aromatic rings. The first-order valence-electron chi connectivity index (χ1n) is 14.9. The maximum absolute atomic E-state index is 12.2. The van der Waals surface area contributed by atoms with E-state index in [1.807, 2.05) is 56.9 Å². The van der Waals surface area contributed by atoms with E-state index in [2.05, 4.69) is 29.9 Å². The lowest BCUT2D eigenvalue weighted by Gasteiger charge is -2.29. The highest BCUT2D eigenvalue weighted by molar-refractivity contribution is 5.88. The van der Waals surface area contributed by atoms with Crippen molar-refractivity contribution in [3.63, 3.8) is 0 Å². The summed E-state index contributed by atoms with van der Waals surface area (Å²) in [6.07, 6.45) is -1.41. The Balaban J connectivity index is 0.000000188. The summed E-state index contributed by atoms with van der Waals surface area (Å²) in [5.74, 6) is -0.734. The number of aromatic amines is 2. The number of aromatic nitrogens is 6. The fourth-order valence-corrected chi connectivity index (χ4v) is 5.62. The molecule has 2 fully saturated rings. The molecule has 48 heavy (non-hydrogen) atoms. The molecule has 2 unspecified atom stereocenters. The second kappa shape index (κ2) is 14.2. The van der Waals surface area contributed by atoms with E-state index in [0.29, 0.717) is 62.0 Å². The van der Waals surface area contributed by atoms with Crippen LogP contribution in [0.1, 0.15) is 12.8 Å². The van der Waals surface area contributed by atoms with Crippen LogP contribution in [0.25, 0.3) is 22.1 Å². The Hall–Kier alpha value is -4.72. The Bertz CT molecular complexity index is 1590. The number of nitrogens with one attached hydrogen (secondary N) is 4. The second-order valence-corrected chi connectivity index (χ2v) is 11.4. The quantitative estimate of drug-likeness (QED) is 0.204. The molecular weight excluding hydrogens is 650 g/mol. The van der Waals surface area contributed by atoms with Crippen LogP contribution in [0.4, 0.5) is 38.0 Å². The van der Waals surface area contributed by atoms with Crippen molar-refractivity contribution in [3.05, 3.63) is 37.2 Å². The first-order valence-corrected chi connectivity index (χ1v) is 14.9. The normalized spacial score (nSPS) is 18.9. The van der Waals surface area contributed by atoms with E-state index in [1.54, 1.807) is 12.4 Å². The number of halogens is 6. The molecule has 6 heterocycles. The number of carbonyl (C=O) groups excluding carboxylic acids is 2. The van der Waals surface area contributed by atoms with Crippen LogP contribution in [0.2, 0.25) is 0 Å². The Morgan fingerprint density at radius 2 is 1.15 bits per heavy atom. The molecule has 0 bridgehead atoms. The first-order chi connectivity index (χ1) is 22.7. The van der Waals surface area contributed by atoms with E-state index >= 15 is 0 Å². The summed E-state index contributed by atoms with van der Waals surface area (Å²) in [6, 6.07) is 3.70. The van der Waals surface area contributed by atoms with Crippen molar-refractivity contribution < 1.29 is 35.9 Å². The Morgan fingerprint density at radius 3 is 1.52 bits per heavy atom. The highest BCUT2D eigenvalue weighted by Crippen LogP contribution is 2.28. The number of fused-ring (bicyclic) bond motifs is 2. The third kappa shape index (κ3) is 8.40. The maximum Gasteiger partial charge on any atom is 0.405 e. The van der Waals surface area contributed by atoms with E-state index in [1.165, 1.54) is 12.7 Å². The SMILES string of the molecule is CN(c1ncnc2[nH]ccc12)N1CCC(C(=O)NCC(F)(F)F)C1.CN(c1ncnc2[nH]ccc12)N1CCC(C(=O)NCC(F)(F)F)C1. The van der Waals surface area contributed by atoms with Crippen LogP contribution in [0.5, 0.6) is 0 Å². The Kier molecular flexibility index (Phi) is 10.2. The molecule has 0 radical (unpaired) electrons. The molecule has 0 aliphatic carbocycles. The zero-order valence-electron chi connectivity index (χ0n) is 25.9. The van der Waals surface area contributed by atoms with Gasteiger partial charge in [-0.25, -0.2) is 30.0 Å². The van der Waals surface area contributed by atoms with Gasteiger partial charge in [0.2, 0.25) is 11.8 Å². The number of H-pyrrole nitrogens is 2. The van der Waals surface area contributed by atoms with E-state index in [0.717, 1.165) is 10.8 Å². The van der Waals surface area contributed by atoms with Crippen LogP contribution >= 0.6 is 0 Å². The molecule has 14 nitrogen and oxygen atoms in total. The molecule has 6 rings (SSSR count). The van der Waals surface area contributed by atoms with Crippen molar-refractivity contribution in [1.29, 1.82) is 0 Å². The summed E-state index contributed by atoms with van der Waals surface area (Å²) in [4.78, 5) is 46.5. The molecule has 0 spiro atoms. The average molecular weight is 685 g/mol. The number of hydrogen-bond donors (Lipinski definition) is 4. The van der Waals surface area contributed by atoms with Crippen LogP contribution in [-0.2, 0) is 9.59 Å². The van der Waals surface area contributed by atoms with Gasteiger partial charge < -0.3 is 20.6 Å². The summed E-state index contributed by atoms with van der Waals surface area (Å²) in [5, 5.41) is 13.0. The highest BCUT2D eigenvalue weighted by Gasteiger charge is 2.35. The third-order valence-corrected chi connectivity index (χ3v) is 8.13. The van der Waals surface area contributed by atoms with Gasteiger partial charge in [-0.1, -0.05) is 0 Å². The van der Waals surface area contributed by atoms with Crippen LogP contribution in [0.15, 0.2) is 37.2 Å². The molecular formula is C28H34F6N12O2. The van der Waals surface area contributed by atoms with Crippen molar-refractivity contribution in [2.24, 2.45) is 11.8 Å². The summed E-state index contributed by atoms with van der Waals surface area (Å²) < 4.78 is 73.2. The number of rotatable bonds is 8. The van der Waals surface area contributed by atoms with Gasteiger partial charge in [-0.2, -0.15) is 26.3 Å². The van der Waals surface area contributed by atoms with Crippen LogP contribution in [0, 0.1) is 11.8 Å². The average Bonchev–Trinajstić information content (AvgIpc) is 3.87. The predicted molar refractivity (Wildman–Crippen MR) is 162 cm³/mol. The summed E-state index contributed by atoms with van der Waals surface area (Å²) in [5.41, 5.74) is 1.40. The molecule has 0 saturated carbocycles. The minimum Gasteiger partial charge on any atom is -0.347 e. The number of alkyl halides is 6. The molecule has 260 valence electrons. The standard InChI is InChI=1S/2C14H17F3N6O/c2*1-22(12-10-2-4-18-11(10)20-8-21-12)23-5-3-9(6-23)13(24)19-7-14(15,16)17/h2*2,4,8-9H,3,5-7H2,1H3,(H,19,24)(H,18,20,21). The number of hydrazine groups is 2. The van der Waals surface area contributed by atoms with E-state index in [9.17, 15) is 35.9 Å². The van der Waals surface area contributed by atoms with E-state index < -0.39 is 49.1 Å². The van der Waals surface area contributed by atoms with Gasteiger partial charge in [0.1, 0.15) is 37.0 Å². The number of anilines is 2. The zero-order valence-corrected chi connectivity index (χ0v) is 25.9. The Morgan fingerprint density at radius 1 is 0.750 bits per heavy atom. The van der Waals surface area contributed by atoms with Crippen LogP contribution in [0.3, 0.4) is 0 Å². The summed E-state index contributed by atoms with van der Waals surface area (Å²) in [7, 11) is 3.62. The minimum atomic E-state index is -4.40. The maximum atomic E-state index is 12.2. The second-order valence-electron chi connectivity index (χ2n) is 11.4. The fraction of sp³-hybridized carbons (Fsp3) is 0.500. The van der Waals surface area contributed by atoms with Gasteiger partial charge >= 0.3 is 12.4 Å². The molecule has 2 aliphatic rings. The zero-order chi connectivity index (χ0) is 34.6. The lowest BCUT2D eigenvalue weighted by molar-refractivity contribution is -0.140. The van der Waals surface area contributed by atoms with Crippen molar-refractivity contribution >= 4 is 45.5 Å². The monoisotopic (exact) mass is 684 g/mol. The fourth-order valence-electron chi connectivity index (χ4n) is 5.62. The van der Waals surface area contributed by atoms with Gasteiger partial charge in [-0.15, -0.1) is 0 Å². The van der Waals surface area contributed by atoms with Crippen LogP contribution < -0.4 is 20.7 Å². The van der Waals surface area contributed by atoms with Gasteiger partial charge in [0.25, 0.3) is 0 Å². The number of carbonyl (C=O) groups is 2. The van der Waals surface area contributed by atoms with Crippen molar-refractivity contribution in [2.45, 2.75) is 25.2 Å². The van der Waals surface area contributed by atoms with E-state index in [-0.39, 0.29) is 0 Å². The molecule has 2 amide bonds. The van der Waals surface area contributed by atoms with Crippen molar-refractivity contribution in [1.82, 2.24) is 50.6 Å². The van der Waals surface area contributed by atoms with Gasteiger partial charge in [-0.3, -0.25) is 19.6 Å². The molecule has 20 heteroatoms. The molecule has 2 saturated heterocycles. The van der Waals surface area contributed by atoms with Crippen molar-refractivity contribution in [3.8, 4) is 0 Å². The largest absolute Gasteiger partial charge is 0.405 e. The molecule has 2 atom stereocenters. The van der Waals surface area contributed by atoms with Gasteiger partial charge in [0.05, 0.1) is 22.6 Å². The molecule has 0 aromatic carbocycles. The highest BCUT2D eigenvalue weighted by atomic mass is 19.4. The summed E-state index contributed by atoms with van der Waals surface area (Å²) in [6.45, 7) is -0.776. The smallest absolute Gasteiger partial charge is 0.347 e. The number of hydrogen-bond acceptors (Lipinski definition) is 10. The van der Waals surface area contributed by atoms with Gasteiger partial charge in [-0.05, 0) is 25.0 Å². The molecule has 2 aliphatic heterocycles. The predicted octanol–water partition coefficient (Wildman–Crippen LogP) is 2.62. The third-order valence-electron chi connectivity index (χ3n) is 8.13. The Labute approximate surface area is 269 Å². The van der Waals surface area contributed by atoms with Gasteiger partial charge in [0, 0.05) is 52.7 Å². The van der Waals surface area contributed by atoms with Crippen LogP contribution in [-0.4, -0.2) is 117 Å². The summed E-state index contributed by atoms with van der Waals surface area (Å²) >= 11 is 0. The lowest BCUT2D eigenvalue weighted by Crippen LogP contribution is -2.42.